The van der Waals surface area contributed by atoms with E-state index in [0.717, 1.165) is 10.6 Å². The molecule has 2 rings (SSSR count). The number of amides is 1. The van der Waals surface area contributed by atoms with E-state index in [4.69, 9.17) is 13.9 Å². The summed E-state index contributed by atoms with van der Waals surface area (Å²) < 4.78 is 41.0. The number of rotatable bonds is 9. The van der Waals surface area contributed by atoms with Crippen LogP contribution < -0.4 is 19.1 Å². The molecular formula is C17H22N2O6S. The molecule has 0 bridgehead atoms. The van der Waals surface area contributed by atoms with Crippen molar-refractivity contribution in [1.82, 2.24) is 5.32 Å². The number of methoxy groups -OCH3 is 2. The number of sulfonamides is 1. The summed E-state index contributed by atoms with van der Waals surface area (Å²) in [7, 11) is -0.616. The maximum Gasteiger partial charge on any atom is 0.232 e. The molecule has 0 atom stereocenters. The lowest BCUT2D eigenvalue weighted by molar-refractivity contribution is -0.121. The summed E-state index contributed by atoms with van der Waals surface area (Å²) in [5.74, 6) is 1.23. The lowest BCUT2D eigenvalue weighted by Crippen LogP contribution is -2.34. The number of hydrogen-bond donors (Lipinski definition) is 1. The van der Waals surface area contributed by atoms with Gasteiger partial charge in [-0.05, 0) is 24.3 Å². The number of benzene rings is 1. The summed E-state index contributed by atoms with van der Waals surface area (Å²) in [4.78, 5) is 12.0. The van der Waals surface area contributed by atoms with E-state index >= 15 is 0 Å². The highest BCUT2D eigenvalue weighted by Crippen LogP contribution is 2.32. The first-order valence-electron chi connectivity index (χ1n) is 7.84. The average molecular weight is 382 g/mol. The molecule has 0 fully saturated rings. The first kappa shape index (κ1) is 19.6. The SMILES string of the molecule is COc1ccc(N(CCC(=O)NCc2ccco2)S(C)(=O)=O)cc1OC. The molecule has 2 aromatic rings. The number of ether oxygens (including phenoxy) is 2. The molecule has 0 saturated carbocycles. The van der Waals surface area contributed by atoms with Gasteiger partial charge in [0.1, 0.15) is 5.76 Å². The minimum absolute atomic E-state index is 0.00168. The van der Waals surface area contributed by atoms with Crippen LogP contribution in [0.3, 0.4) is 0 Å². The average Bonchev–Trinajstić information content (AvgIpc) is 3.12. The fraction of sp³-hybridized carbons (Fsp3) is 0.353. The monoisotopic (exact) mass is 382 g/mol. The van der Waals surface area contributed by atoms with Gasteiger partial charge in [-0.15, -0.1) is 0 Å². The van der Waals surface area contributed by atoms with Crippen LogP contribution in [0.4, 0.5) is 5.69 Å². The summed E-state index contributed by atoms with van der Waals surface area (Å²) in [6.45, 7) is 0.249. The van der Waals surface area contributed by atoms with Gasteiger partial charge in [0, 0.05) is 19.0 Å². The van der Waals surface area contributed by atoms with Gasteiger partial charge in [-0.3, -0.25) is 9.10 Å². The van der Waals surface area contributed by atoms with Gasteiger partial charge in [-0.1, -0.05) is 0 Å². The summed E-state index contributed by atoms with van der Waals surface area (Å²) in [6, 6.07) is 8.24. The highest BCUT2D eigenvalue weighted by atomic mass is 32.2. The van der Waals surface area contributed by atoms with Gasteiger partial charge in [-0.2, -0.15) is 0 Å². The number of nitrogens with one attached hydrogen (secondary N) is 1. The Kier molecular flexibility index (Phi) is 6.51. The molecule has 0 aliphatic rings. The van der Waals surface area contributed by atoms with Gasteiger partial charge in [0.25, 0.3) is 0 Å². The molecule has 8 nitrogen and oxygen atoms in total. The summed E-state index contributed by atoms with van der Waals surface area (Å²) in [6.07, 6.45) is 2.61. The molecule has 26 heavy (non-hydrogen) atoms. The second kappa shape index (κ2) is 8.61. The van der Waals surface area contributed by atoms with Gasteiger partial charge in [0.05, 0.1) is 39.0 Å². The number of anilines is 1. The fourth-order valence-corrected chi connectivity index (χ4v) is 3.28. The normalized spacial score (nSPS) is 11.0. The predicted molar refractivity (Wildman–Crippen MR) is 96.9 cm³/mol. The quantitative estimate of drug-likeness (QED) is 0.710. The number of nitrogens with zero attached hydrogens (tertiary/aromatic N) is 1. The van der Waals surface area contributed by atoms with Crippen LogP contribution in [0.25, 0.3) is 0 Å². The van der Waals surface area contributed by atoms with Crippen molar-refractivity contribution in [3.63, 3.8) is 0 Å². The van der Waals surface area contributed by atoms with Crippen molar-refractivity contribution in [2.45, 2.75) is 13.0 Å². The Morgan fingerprint density at radius 3 is 2.50 bits per heavy atom. The third-order valence-electron chi connectivity index (χ3n) is 3.64. The Balaban J connectivity index is 2.07. The zero-order valence-corrected chi connectivity index (χ0v) is 15.7. The smallest absolute Gasteiger partial charge is 0.232 e. The van der Waals surface area contributed by atoms with E-state index in [2.05, 4.69) is 5.32 Å². The zero-order valence-electron chi connectivity index (χ0n) is 14.9. The molecular weight excluding hydrogens is 360 g/mol. The molecule has 1 heterocycles. The van der Waals surface area contributed by atoms with Crippen LogP contribution in [-0.2, 0) is 21.4 Å². The van der Waals surface area contributed by atoms with Crippen LogP contribution in [-0.4, -0.2) is 41.3 Å². The zero-order chi connectivity index (χ0) is 19.2. The molecule has 1 N–H and O–H groups in total. The topological polar surface area (TPSA) is 98.1 Å². The first-order valence-corrected chi connectivity index (χ1v) is 9.69. The van der Waals surface area contributed by atoms with Crippen molar-refractivity contribution in [2.75, 3.05) is 31.3 Å². The molecule has 9 heteroatoms. The maximum absolute atomic E-state index is 12.2. The van der Waals surface area contributed by atoms with E-state index in [9.17, 15) is 13.2 Å². The van der Waals surface area contributed by atoms with Crippen molar-refractivity contribution >= 4 is 21.6 Å². The Labute approximate surface area is 152 Å². The van der Waals surface area contributed by atoms with E-state index in [1.165, 1.54) is 20.5 Å². The van der Waals surface area contributed by atoms with E-state index in [-0.39, 0.29) is 25.4 Å². The fourth-order valence-electron chi connectivity index (χ4n) is 2.36. The second-order valence-corrected chi connectivity index (χ2v) is 7.39. The lowest BCUT2D eigenvalue weighted by atomic mass is 10.2. The molecule has 0 saturated heterocycles. The van der Waals surface area contributed by atoms with E-state index in [1.807, 2.05) is 0 Å². The second-order valence-electron chi connectivity index (χ2n) is 5.48. The van der Waals surface area contributed by atoms with Gasteiger partial charge >= 0.3 is 0 Å². The summed E-state index contributed by atoms with van der Waals surface area (Å²) in [5, 5.41) is 2.69. The van der Waals surface area contributed by atoms with Crippen molar-refractivity contribution in [3.05, 3.63) is 42.4 Å². The third-order valence-corrected chi connectivity index (χ3v) is 4.83. The van der Waals surface area contributed by atoms with Crippen LogP contribution in [0, 0.1) is 0 Å². The van der Waals surface area contributed by atoms with Crippen LogP contribution in [0.2, 0.25) is 0 Å². The van der Waals surface area contributed by atoms with Crippen LogP contribution in [0.5, 0.6) is 11.5 Å². The van der Waals surface area contributed by atoms with E-state index in [0.29, 0.717) is 22.9 Å². The molecule has 1 aromatic carbocycles. The van der Waals surface area contributed by atoms with E-state index in [1.54, 1.807) is 30.3 Å². The number of carbonyl (C=O) groups excluding carboxylic acids is 1. The van der Waals surface area contributed by atoms with Crippen molar-refractivity contribution in [1.29, 1.82) is 0 Å². The highest BCUT2D eigenvalue weighted by molar-refractivity contribution is 7.92. The van der Waals surface area contributed by atoms with Crippen molar-refractivity contribution in [3.8, 4) is 11.5 Å². The summed E-state index contributed by atoms with van der Waals surface area (Å²) >= 11 is 0. The predicted octanol–water partition coefficient (Wildman–Crippen LogP) is 1.77. The Hall–Kier alpha value is -2.68. The maximum atomic E-state index is 12.2. The van der Waals surface area contributed by atoms with Crippen LogP contribution >= 0.6 is 0 Å². The molecule has 0 spiro atoms. The Morgan fingerprint density at radius 2 is 1.92 bits per heavy atom. The van der Waals surface area contributed by atoms with Gasteiger partial charge in [0.15, 0.2) is 11.5 Å². The molecule has 1 amide bonds. The van der Waals surface area contributed by atoms with Crippen molar-refractivity contribution < 1.29 is 27.1 Å². The Bertz CT molecular complexity index is 833. The minimum atomic E-state index is -3.58. The van der Waals surface area contributed by atoms with E-state index < -0.39 is 10.0 Å². The van der Waals surface area contributed by atoms with Gasteiger partial charge < -0.3 is 19.2 Å². The van der Waals surface area contributed by atoms with Crippen LogP contribution in [0.15, 0.2) is 41.0 Å². The molecule has 0 aliphatic carbocycles. The lowest BCUT2D eigenvalue weighted by Gasteiger charge is -2.23. The third kappa shape index (κ3) is 5.16. The van der Waals surface area contributed by atoms with Gasteiger partial charge in [-0.25, -0.2) is 8.42 Å². The molecule has 0 radical (unpaired) electrons. The highest BCUT2D eigenvalue weighted by Gasteiger charge is 2.20. The van der Waals surface area contributed by atoms with Crippen LogP contribution in [0.1, 0.15) is 12.2 Å². The first-order chi connectivity index (χ1) is 12.3. The molecule has 142 valence electrons. The standard InChI is InChI=1S/C17H22N2O6S/c1-23-15-7-6-13(11-16(15)24-2)19(26(3,21)22)9-8-17(20)18-12-14-5-4-10-25-14/h4-7,10-11H,8-9,12H2,1-3H3,(H,18,20). The van der Waals surface area contributed by atoms with Crippen molar-refractivity contribution in [2.24, 2.45) is 0 Å². The minimum Gasteiger partial charge on any atom is -0.493 e. The van der Waals surface area contributed by atoms with Gasteiger partial charge in [0.2, 0.25) is 15.9 Å². The molecule has 0 unspecified atom stereocenters. The molecule has 0 aliphatic heterocycles. The summed E-state index contributed by atoms with van der Waals surface area (Å²) in [5.41, 5.74) is 0.393. The number of hydrogen-bond acceptors (Lipinski definition) is 6. The molecule has 1 aromatic heterocycles. The largest absolute Gasteiger partial charge is 0.493 e. The Morgan fingerprint density at radius 1 is 1.19 bits per heavy atom. The number of furan rings is 1. The number of carbonyl (C=O) groups is 1.